The second kappa shape index (κ2) is 10.3. The lowest BCUT2D eigenvalue weighted by Crippen LogP contribution is -2.47. The molecule has 2 amide bonds. The molecule has 2 N–H and O–H groups in total. The quantitative estimate of drug-likeness (QED) is 0.506. The molecule has 0 spiro atoms. The lowest BCUT2D eigenvalue weighted by atomic mass is 9.92. The molecule has 36 heavy (non-hydrogen) atoms. The fraction of sp³-hybridized carbons (Fsp3) is 0.444. The molecule has 3 aromatic rings. The first kappa shape index (κ1) is 24.4. The van der Waals surface area contributed by atoms with Gasteiger partial charge in [0, 0.05) is 25.8 Å². The molecule has 0 saturated carbocycles. The van der Waals surface area contributed by atoms with Gasteiger partial charge in [-0.2, -0.15) is 0 Å². The van der Waals surface area contributed by atoms with Gasteiger partial charge < -0.3 is 15.5 Å². The van der Waals surface area contributed by atoms with Gasteiger partial charge in [-0.05, 0) is 56.6 Å². The molecule has 1 aliphatic carbocycles. The highest BCUT2D eigenvalue weighted by atomic mass is 32.1. The van der Waals surface area contributed by atoms with Crippen molar-refractivity contribution >= 4 is 29.1 Å². The Labute approximate surface area is 215 Å². The molecule has 0 unspecified atom stereocenters. The van der Waals surface area contributed by atoms with Crippen molar-refractivity contribution < 1.29 is 9.59 Å². The van der Waals surface area contributed by atoms with Crippen LogP contribution >= 0.6 is 11.3 Å². The predicted molar refractivity (Wildman–Crippen MR) is 141 cm³/mol. The third-order valence-corrected chi connectivity index (χ3v) is 8.37. The van der Waals surface area contributed by atoms with Crippen LogP contribution < -0.4 is 10.6 Å². The number of thiazole rings is 1. The lowest BCUT2D eigenvalue weighted by Gasteiger charge is -2.25. The Balaban J connectivity index is 1.34. The largest absolute Gasteiger partial charge is 0.368 e. The van der Waals surface area contributed by atoms with E-state index in [9.17, 15) is 9.59 Å². The number of anilines is 1. The zero-order chi connectivity index (χ0) is 25.2. The van der Waals surface area contributed by atoms with Crippen LogP contribution in [-0.2, 0) is 35.3 Å². The number of amides is 2. The third kappa shape index (κ3) is 4.72. The van der Waals surface area contributed by atoms with Gasteiger partial charge in [-0.25, -0.2) is 15.0 Å². The van der Waals surface area contributed by atoms with Gasteiger partial charge in [0.25, 0.3) is 0 Å². The SMILES string of the molecule is CCN(CC)c1ncc2c(n1)-c1sc(CC(=O)N3CC[C@H](Cc4ccccc4)[C@H]3C(N)=O)nc1CC2. The van der Waals surface area contributed by atoms with E-state index in [0.29, 0.717) is 6.54 Å². The van der Waals surface area contributed by atoms with E-state index in [1.807, 2.05) is 24.4 Å². The first-order valence-electron chi connectivity index (χ1n) is 12.7. The fourth-order valence-corrected chi connectivity index (χ4v) is 6.53. The van der Waals surface area contributed by atoms with Gasteiger partial charge in [0.05, 0.1) is 22.7 Å². The summed E-state index contributed by atoms with van der Waals surface area (Å²) in [5.41, 5.74) is 10.00. The van der Waals surface area contributed by atoms with Gasteiger partial charge in [-0.15, -0.1) is 11.3 Å². The van der Waals surface area contributed by atoms with Crippen molar-refractivity contribution in [1.29, 1.82) is 0 Å². The highest BCUT2D eigenvalue weighted by Crippen LogP contribution is 2.37. The van der Waals surface area contributed by atoms with Crippen molar-refractivity contribution in [3.05, 3.63) is 58.4 Å². The zero-order valence-corrected chi connectivity index (χ0v) is 21.6. The second-order valence-electron chi connectivity index (χ2n) is 9.45. The Morgan fingerprint density at radius 1 is 1.14 bits per heavy atom. The number of aryl methyl sites for hydroxylation is 2. The first-order chi connectivity index (χ1) is 17.5. The summed E-state index contributed by atoms with van der Waals surface area (Å²) in [5, 5.41) is 0.760. The number of hydrogen-bond acceptors (Lipinski definition) is 7. The number of benzene rings is 1. The summed E-state index contributed by atoms with van der Waals surface area (Å²) in [4.78, 5) is 44.9. The van der Waals surface area contributed by atoms with Gasteiger partial charge in [0.2, 0.25) is 17.8 Å². The molecule has 3 heterocycles. The van der Waals surface area contributed by atoms with E-state index < -0.39 is 11.9 Å². The smallest absolute Gasteiger partial charge is 0.240 e. The third-order valence-electron chi connectivity index (χ3n) is 7.26. The summed E-state index contributed by atoms with van der Waals surface area (Å²) < 4.78 is 0. The highest BCUT2D eigenvalue weighted by Gasteiger charge is 2.40. The number of primary amides is 1. The molecular formula is C27H32N6O2S. The van der Waals surface area contributed by atoms with Crippen molar-refractivity contribution in [3.8, 4) is 10.6 Å². The van der Waals surface area contributed by atoms with Crippen molar-refractivity contribution in [2.45, 2.75) is 52.0 Å². The maximum absolute atomic E-state index is 13.4. The fourth-order valence-electron chi connectivity index (χ4n) is 5.40. The Morgan fingerprint density at radius 2 is 1.92 bits per heavy atom. The second-order valence-corrected chi connectivity index (χ2v) is 10.5. The van der Waals surface area contributed by atoms with E-state index in [1.54, 1.807) is 4.90 Å². The van der Waals surface area contributed by atoms with E-state index in [4.69, 9.17) is 15.7 Å². The molecule has 2 atom stereocenters. The van der Waals surface area contributed by atoms with Gasteiger partial charge in [0.1, 0.15) is 11.0 Å². The van der Waals surface area contributed by atoms with Crippen LogP contribution in [0.5, 0.6) is 0 Å². The molecule has 0 radical (unpaired) electrons. The number of fused-ring (bicyclic) bond motifs is 3. The van der Waals surface area contributed by atoms with Crippen LogP contribution in [-0.4, -0.2) is 57.3 Å². The van der Waals surface area contributed by atoms with Gasteiger partial charge in [-0.3, -0.25) is 9.59 Å². The number of nitrogens with two attached hydrogens (primary N) is 1. The van der Waals surface area contributed by atoms with Gasteiger partial charge >= 0.3 is 0 Å². The topological polar surface area (TPSA) is 105 Å². The van der Waals surface area contributed by atoms with Crippen LogP contribution in [0.25, 0.3) is 10.6 Å². The Bertz CT molecular complexity index is 1260. The first-order valence-corrected chi connectivity index (χ1v) is 13.5. The minimum atomic E-state index is -0.586. The van der Waals surface area contributed by atoms with Crippen LogP contribution in [0.4, 0.5) is 5.95 Å². The van der Waals surface area contributed by atoms with Crippen molar-refractivity contribution in [3.63, 3.8) is 0 Å². The van der Waals surface area contributed by atoms with Crippen LogP contribution in [0.15, 0.2) is 36.5 Å². The normalized spacial score (nSPS) is 18.6. The molecule has 5 rings (SSSR count). The summed E-state index contributed by atoms with van der Waals surface area (Å²) in [6.45, 7) is 6.41. The maximum atomic E-state index is 13.4. The average molecular weight is 505 g/mol. The van der Waals surface area contributed by atoms with Crippen molar-refractivity contribution in [2.24, 2.45) is 11.7 Å². The van der Waals surface area contributed by atoms with Crippen molar-refractivity contribution in [1.82, 2.24) is 19.9 Å². The van der Waals surface area contributed by atoms with Gasteiger partial charge in [-0.1, -0.05) is 30.3 Å². The van der Waals surface area contributed by atoms with E-state index in [0.717, 1.165) is 77.1 Å². The van der Waals surface area contributed by atoms with Gasteiger partial charge in [0.15, 0.2) is 0 Å². The van der Waals surface area contributed by atoms with E-state index in [2.05, 4.69) is 35.9 Å². The molecule has 1 fully saturated rings. The number of rotatable bonds is 8. The summed E-state index contributed by atoms with van der Waals surface area (Å²) in [6, 6.07) is 9.47. The molecule has 2 aliphatic rings. The number of carbonyl (C=O) groups excluding carboxylic acids is 2. The zero-order valence-electron chi connectivity index (χ0n) is 20.8. The number of carbonyl (C=O) groups is 2. The predicted octanol–water partition coefficient (Wildman–Crippen LogP) is 3.03. The van der Waals surface area contributed by atoms with E-state index in [1.165, 1.54) is 11.3 Å². The Morgan fingerprint density at radius 3 is 2.64 bits per heavy atom. The molecule has 0 bridgehead atoms. The molecule has 1 aliphatic heterocycles. The standard InChI is InChI=1S/C27H32N6O2S/c1-3-32(4-2)27-29-16-19-10-11-20-25(23(19)31-27)36-21(30-20)15-22(34)33-13-12-18(24(33)26(28)35)14-17-8-6-5-7-9-17/h5-9,16,18,24H,3-4,10-15H2,1-2H3,(H2,28,35)/t18-,24+/m1/s1. The molecule has 2 aromatic heterocycles. The van der Waals surface area contributed by atoms with Crippen molar-refractivity contribution in [2.75, 3.05) is 24.5 Å². The number of aromatic nitrogens is 3. The number of nitrogens with zero attached hydrogens (tertiary/aromatic N) is 5. The number of hydrogen-bond donors (Lipinski definition) is 1. The molecule has 9 heteroatoms. The maximum Gasteiger partial charge on any atom is 0.240 e. The Hall–Kier alpha value is -3.33. The monoisotopic (exact) mass is 504 g/mol. The molecular weight excluding hydrogens is 472 g/mol. The van der Waals surface area contributed by atoms with E-state index in [-0.39, 0.29) is 18.2 Å². The minimum absolute atomic E-state index is 0.0282. The highest BCUT2D eigenvalue weighted by molar-refractivity contribution is 7.15. The van der Waals surface area contributed by atoms with Crippen LogP contribution in [0.2, 0.25) is 0 Å². The molecule has 1 saturated heterocycles. The molecule has 188 valence electrons. The minimum Gasteiger partial charge on any atom is -0.368 e. The molecule has 8 nitrogen and oxygen atoms in total. The lowest BCUT2D eigenvalue weighted by molar-refractivity contribution is -0.137. The van der Waals surface area contributed by atoms with Crippen LogP contribution in [0.1, 0.15) is 42.1 Å². The summed E-state index contributed by atoms with van der Waals surface area (Å²) in [6.07, 6.45) is 5.25. The number of likely N-dealkylation sites (tertiary alicyclic amines) is 1. The van der Waals surface area contributed by atoms with Crippen LogP contribution in [0, 0.1) is 5.92 Å². The Kier molecular flexibility index (Phi) is 7.00. The van der Waals surface area contributed by atoms with E-state index >= 15 is 0 Å². The summed E-state index contributed by atoms with van der Waals surface area (Å²) in [5.74, 6) is 0.228. The van der Waals surface area contributed by atoms with Crippen LogP contribution in [0.3, 0.4) is 0 Å². The summed E-state index contributed by atoms with van der Waals surface area (Å²) >= 11 is 1.53. The average Bonchev–Trinajstić information content (AvgIpc) is 3.49. The molecule has 1 aromatic carbocycles. The summed E-state index contributed by atoms with van der Waals surface area (Å²) in [7, 11) is 0.